The maximum atomic E-state index is 12.9. The number of aryl methyl sites for hydroxylation is 2. The molecular formula is C19H23N5O5S2. The van der Waals surface area contributed by atoms with Crippen molar-refractivity contribution in [1.29, 1.82) is 0 Å². The highest BCUT2D eigenvalue weighted by Crippen LogP contribution is 2.33. The number of hydrogen-bond donors (Lipinski definition) is 1. The molecule has 166 valence electrons. The van der Waals surface area contributed by atoms with E-state index in [9.17, 15) is 13.2 Å². The number of nitrogens with zero attached hydrogens (tertiary/aromatic N) is 4. The van der Waals surface area contributed by atoms with Crippen molar-refractivity contribution in [3.63, 3.8) is 0 Å². The van der Waals surface area contributed by atoms with Crippen molar-refractivity contribution in [1.82, 2.24) is 19.6 Å². The highest BCUT2D eigenvalue weighted by Gasteiger charge is 2.27. The Labute approximate surface area is 183 Å². The molecule has 1 amide bonds. The Morgan fingerprint density at radius 2 is 1.90 bits per heavy atom. The molecule has 12 heteroatoms. The number of sulfonamides is 1. The van der Waals surface area contributed by atoms with Crippen LogP contribution in [0.2, 0.25) is 0 Å². The second-order valence-electron chi connectivity index (χ2n) is 7.30. The zero-order chi connectivity index (χ0) is 22.3. The average molecular weight is 466 g/mol. The first-order chi connectivity index (χ1) is 14.7. The topological polar surface area (TPSA) is 120 Å². The number of nitrogens with one attached hydrogen (secondary N) is 1. The minimum atomic E-state index is -3.88. The van der Waals surface area contributed by atoms with Gasteiger partial charge in [-0.2, -0.15) is 0 Å². The van der Waals surface area contributed by atoms with Gasteiger partial charge < -0.3 is 18.7 Å². The fourth-order valence-corrected chi connectivity index (χ4v) is 5.73. The standard InChI is InChI=1S/C19H23N5O5S2/c1-11-9-16(21-29-11)22-31(26,27)15-10-14(23(4)13(15)3)18-20-12(2)17(30-18)19(25)24-5-7-28-8-6-24/h9-10H,5-8H2,1-4H3,(H,21,22). The minimum absolute atomic E-state index is 0.0774. The Balaban J connectivity index is 1.66. The third-order valence-corrected chi connectivity index (χ3v) is 7.79. The predicted molar refractivity (Wildman–Crippen MR) is 115 cm³/mol. The van der Waals surface area contributed by atoms with Gasteiger partial charge in [-0.15, -0.1) is 11.3 Å². The van der Waals surface area contributed by atoms with Crippen LogP contribution < -0.4 is 4.72 Å². The summed E-state index contributed by atoms with van der Waals surface area (Å²) in [4.78, 5) is 19.9. The van der Waals surface area contributed by atoms with Crippen molar-refractivity contribution in [3.05, 3.63) is 34.2 Å². The molecule has 1 aliphatic heterocycles. The van der Waals surface area contributed by atoms with E-state index in [0.717, 1.165) is 0 Å². The smallest absolute Gasteiger partial charge is 0.266 e. The lowest BCUT2D eigenvalue weighted by atomic mass is 10.3. The molecule has 1 fully saturated rings. The van der Waals surface area contributed by atoms with Gasteiger partial charge in [0, 0.05) is 31.9 Å². The van der Waals surface area contributed by atoms with Crippen LogP contribution in [0.3, 0.4) is 0 Å². The maximum Gasteiger partial charge on any atom is 0.266 e. The van der Waals surface area contributed by atoms with E-state index >= 15 is 0 Å². The van der Waals surface area contributed by atoms with Gasteiger partial charge in [-0.1, -0.05) is 5.16 Å². The number of thiazole rings is 1. The van der Waals surface area contributed by atoms with E-state index in [1.54, 1.807) is 43.4 Å². The fourth-order valence-electron chi connectivity index (χ4n) is 3.37. The molecule has 1 N–H and O–H groups in total. The number of carbonyl (C=O) groups excluding carboxylic acids is 1. The molecule has 0 atom stereocenters. The lowest BCUT2D eigenvalue weighted by molar-refractivity contribution is 0.0305. The van der Waals surface area contributed by atoms with E-state index in [4.69, 9.17) is 9.26 Å². The van der Waals surface area contributed by atoms with E-state index in [1.165, 1.54) is 17.4 Å². The molecule has 10 nitrogen and oxygen atoms in total. The second-order valence-corrected chi connectivity index (χ2v) is 9.95. The van der Waals surface area contributed by atoms with Crippen LogP contribution in [0.1, 0.15) is 26.8 Å². The molecule has 0 bridgehead atoms. The van der Waals surface area contributed by atoms with Gasteiger partial charge in [0.2, 0.25) is 0 Å². The fraction of sp³-hybridized carbons (Fsp3) is 0.421. The number of anilines is 1. The van der Waals surface area contributed by atoms with Crippen molar-refractivity contribution in [2.45, 2.75) is 25.7 Å². The van der Waals surface area contributed by atoms with Crippen LogP contribution in [0.25, 0.3) is 10.7 Å². The largest absolute Gasteiger partial charge is 0.378 e. The number of rotatable bonds is 5. The molecule has 4 rings (SSSR count). The summed E-state index contributed by atoms with van der Waals surface area (Å²) in [6.45, 7) is 7.31. The first kappa shape index (κ1) is 21.5. The van der Waals surface area contributed by atoms with E-state index in [1.807, 2.05) is 0 Å². The van der Waals surface area contributed by atoms with Gasteiger partial charge in [0.15, 0.2) is 5.82 Å². The quantitative estimate of drug-likeness (QED) is 0.614. The van der Waals surface area contributed by atoms with Crippen molar-refractivity contribution in [3.8, 4) is 10.7 Å². The molecule has 1 aliphatic rings. The first-order valence-electron chi connectivity index (χ1n) is 9.64. The summed E-state index contributed by atoms with van der Waals surface area (Å²) in [7, 11) is -2.11. The molecule has 3 aromatic rings. The van der Waals surface area contributed by atoms with Gasteiger partial charge in [0.05, 0.1) is 24.6 Å². The highest BCUT2D eigenvalue weighted by molar-refractivity contribution is 7.92. The third-order valence-electron chi connectivity index (χ3n) is 5.15. The van der Waals surface area contributed by atoms with Crippen LogP contribution in [0, 0.1) is 20.8 Å². The second kappa shape index (κ2) is 8.09. The molecule has 4 heterocycles. The molecule has 0 saturated carbocycles. The third kappa shape index (κ3) is 4.10. The van der Waals surface area contributed by atoms with E-state index in [2.05, 4.69) is 14.9 Å². The molecule has 1 saturated heterocycles. The van der Waals surface area contributed by atoms with Gasteiger partial charge in [-0.25, -0.2) is 13.4 Å². The monoisotopic (exact) mass is 465 g/mol. The van der Waals surface area contributed by atoms with Crippen molar-refractivity contribution < 1.29 is 22.5 Å². The number of morpholine rings is 1. The Morgan fingerprint density at radius 3 is 2.55 bits per heavy atom. The van der Waals surface area contributed by atoms with Crippen LogP contribution in [-0.4, -0.2) is 60.2 Å². The molecular weight excluding hydrogens is 442 g/mol. The summed E-state index contributed by atoms with van der Waals surface area (Å²) < 4.78 is 40.3. The zero-order valence-electron chi connectivity index (χ0n) is 17.6. The number of amides is 1. The van der Waals surface area contributed by atoms with E-state index < -0.39 is 10.0 Å². The average Bonchev–Trinajstić information content (AvgIpc) is 3.40. The van der Waals surface area contributed by atoms with Gasteiger partial charge in [-0.05, 0) is 26.8 Å². The molecule has 0 radical (unpaired) electrons. The van der Waals surface area contributed by atoms with Crippen LogP contribution in [0.5, 0.6) is 0 Å². The summed E-state index contributed by atoms with van der Waals surface area (Å²) in [5.41, 5.74) is 1.77. The van der Waals surface area contributed by atoms with Gasteiger partial charge in [0.1, 0.15) is 20.5 Å². The van der Waals surface area contributed by atoms with Crippen LogP contribution in [0.4, 0.5) is 5.82 Å². The lowest BCUT2D eigenvalue weighted by Gasteiger charge is -2.26. The molecule has 31 heavy (non-hydrogen) atoms. The predicted octanol–water partition coefficient (Wildman–Crippen LogP) is 2.34. The zero-order valence-corrected chi connectivity index (χ0v) is 19.3. The van der Waals surface area contributed by atoms with Crippen LogP contribution in [0.15, 0.2) is 21.6 Å². The number of ether oxygens (including phenoxy) is 1. The molecule has 0 aromatic carbocycles. The summed E-state index contributed by atoms with van der Waals surface area (Å²) in [6, 6.07) is 3.07. The Bertz CT molecular complexity index is 1230. The van der Waals surface area contributed by atoms with E-state index in [-0.39, 0.29) is 16.6 Å². The summed E-state index contributed by atoms with van der Waals surface area (Å²) in [6.07, 6.45) is 0. The Kier molecular flexibility index (Phi) is 5.62. The Morgan fingerprint density at radius 1 is 1.19 bits per heavy atom. The van der Waals surface area contributed by atoms with Gasteiger partial charge >= 0.3 is 0 Å². The van der Waals surface area contributed by atoms with Crippen molar-refractivity contribution >= 4 is 33.1 Å². The Hall–Kier alpha value is -2.70. The minimum Gasteiger partial charge on any atom is -0.378 e. The van der Waals surface area contributed by atoms with Gasteiger partial charge in [0.25, 0.3) is 15.9 Å². The SMILES string of the molecule is Cc1cc(NS(=O)(=O)c2cc(-c3nc(C)c(C(=O)N4CCOCC4)s3)n(C)c2C)no1. The van der Waals surface area contributed by atoms with Crippen molar-refractivity contribution in [2.24, 2.45) is 7.05 Å². The van der Waals surface area contributed by atoms with E-state index in [0.29, 0.717) is 59.0 Å². The molecule has 0 spiro atoms. The van der Waals surface area contributed by atoms with Crippen molar-refractivity contribution in [2.75, 3.05) is 31.0 Å². The van der Waals surface area contributed by atoms with Crippen LogP contribution >= 0.6 is 11.3 Å². The van der Waals surface area contributed by atoms with Gasteiger partial charge in [-0.3, -0.25) is 9.52 Å². The lowest BCUT2D eigenvalue weighted by Crippen LogP contribution is -2.40. The first-order valence-corrected chi connectivity index (χ1v) is 11.9. The number of hydrogen-bond acceptors (Lipinski definition) is 8. The van der Waals surface area contributed by atoms with Crippen LogP contribution in [-0.2, 0) is 21.8 Å². The highest BCUT2D eigenvalue weighted by atomic mass is 32.2. The number of carbonyl (C=O) groups is 1. The normalized spacial score (nSPS) is 14.8. The maximum absolute atomic E-state index is 12.9. The summed E-state index contributed by atoms with van der Waals surface area (Å²) in [5, 5.41) is 4.27. The molecule has 0 aliphatic carbocycles. The summed E-state index contributed by atoms with van der Waals surface area (Å²) >= 11 is 1.26. The number of aromatic nitrogens is 3. The molecule has 0 unspecified atom stereocenters. The molecule has 3 aromatic heterocycles. The summed E-state index contributed by atoms with van der Waals surface area (Å²) in [5.74, 6) is 0.538.